The fourth-order valence-corrected chi connectivity index (χ4v) is 1.73. The van der Waals surface area contributed by atoms with Gasteiger partial charge >= 0.3 is 5.97 Å². The van der Waals surface area contributed by atoms with Gasteiger partial charge in [-0.3, -0.25) is 14.4 Å². The smallest absolute Gasteiger partial charge is 0.307 e. The highest BCUT2D eigenvalue weighted by Crippen LogP contribution is 2.23. The Kier molecular flexibility index (Phi) is 5.08. The molecule has 0 saturated heterocycles. The van der Waals surface area contributed by atoms with Gasteiger partial charge in [0.15, 0.2) is 5.78 Å². The van der Waals surface area contributed by atoms with Crippen molar-refractivity contribution in [2.24, 2.45) is 11.7 Å². The Balaban J connectivity index is 2.94. The summed E-state index contributed by atoms with van der Waals surface area (Å²) in [5.41, 5.74) is 11.0. The molecule has 1 rings (SSSR count). The number of carbonyl (C=O) groups is 3. The molecule has 0 aliphatic heterocycles. The van der Waals surface area contributed by atoms with Crippen molar-refractivity contribution in [1.29, 1.82) is 0 Å². The third-order valence-corrected chi connectivity index (χ3v) is 2.79. The molecule has 0 aromatic heterocycles. The minimum atomic E-state index is -1.25. The largest absolute Gasteiger partial charge is 0.497 e. The topological polar surface area (TPSA) is 133 Å². The van der Waals surface area contributed by atoms with Gasteiger partial charge in [0.05, 0.1) is 13.0 Å². The lowest BCUT2D eigenvalue weighted by atomic mass is 9.94. The molecule has 5 N–H and O–H groups in total. The van der Waals surface area contributed by atoms with E-state index in [0.29, 0.717) is 5.75 Å². The van der Waals surface area contributed by atoms with Gasteiger partial charge in [-0.05, 0) is 18.2 Å². The Bertz CT molecular complexity index is 542. The molecule has 20 heavy (non-hydrogen) atoms. The molecular weight excluding hydrogens is 264 g/mol. The zero-order valence-corrected chi connectivity index (χ0v) is 11.0. The number of ketones is 1. The number of primary amides is 1. The lowest BCUT2D eigenvalue weighted by Gasteiger charge is -2.11. The predicted molar refractivity (Wildman–Crippen MR) is 71.3 cm³/mol. The molecule has 1 aromatic rings. The van der Waals surface area contributed by atoms with Crippen molar-refractivity contribution in [3.8, 4) is 5.75 Å². The van der Waals surface area contributed by atoms with Crippen molar-refractivity contribution in [3.63, 3.8) is 0 Å². The van der Waals surface area contributed by atoms with E-state index in [1.54, 1.807) is 6.07 Å². The molecule has 0 fully saturated rings. The summed E-state index contributed by atoms with van der Waals surface area (Å²) in [5.74, 6) is -3.23. The summed E-state index contributed by atoms with van der Waals surface area (Å²) < 4.78 is 4.98. The van der Waals surface area contributed by atoms with Crippen molar-refractivity contribution in [1.82, 2.24) is 0 Å². The minimum Gasteiger partial charge on any atom is -0.497 e. The number of carboxylic acid groups (broad SMARTS) is 1. The molecule has 0 aliphatic carbocycles. The molecule has 0 radical (unpaired) electrons. The number of rotatable bonds is 7. The zero-order chi connectivity index (χ0) is 15.3. The van der Waals surface area contributed by atoms with E-state index in [2.05, 4.69) is 0 Å². The second kappa shape index (κ2) is 6.55. The van der Waals surface area contributed by atoms with Crippen LogP contribution in [0, 0.1) is 5.92 Å². The Morgan fingerprint density at radius 3 is 2.45 bits per heavy atom. The Morgan fingerprint density at radius 2 is 1.95 bits per heavy atom. The van der Waals surface area contributed by atoms with Crippen LogP contribution in [-0.4, -0.2) is 29.9 Å². The fourth-order valence-electron chi connectivity index (χ4n) is 1.73. The maximum Gasteiger partial charge on any atom is 0.307 e. The average Bonchev–Trinajstić information content (AvgIpc) is 2.37. The molecule has 0 aliphatic rings. The van der Waals surface area contributed by atoms with E-state index in [-0.39, 0.29) is 17.7 Å². The van der Waals surface area contributed by atoms with Gasteiger partial charge in [-0.25, -0.2) is 0 Å². The molecule has 7 nitrogen and oxygen atoms in total. The molecule has 108 valence electrons. The van der Waals surface area contributed by atoms with Crippen LogP contribution in [0.4, 0.5) is 5.69 Å². The van der Waals surface area contributed by atoms with E-state index in [1.807, 2.05) is 0 Å². The Hall–Kier alpha value is -2.57. The molecule has 1 aromatic carbocycles. The van der Waals surface area contributed by atoms with Gasteiger partial charge in [-0.15, -0.1) is 0 Å². The summed E-state index contributed by atoms with van der Waals surface area (Å²) in [7, 11) is 1.44. The quantitative estimate of drug-likeness (QED) is 0.490. The maximum absolute atomic E-state index is 12.1. The molecule has 0 heterocycles. The van der Waals surface area contributed by atoms with E-state index in [0.717, 1.165) is 0 Å². The number of hydrogen-bond acceptors (Lipinski definition) is 5. The van der Waals surface area contributed by atoms with Crippen molar-refractivity contribution >= 4 is 23.3 Å². The van der Waals surface area contributed by atoms with E-state index >= 15 is 0 Å². The summed E-state index contributed by atoms with van der Waals surface area (Å²) in [5, 5.41) is 8.97. The maximum atomic E-state index is 12.1. The molecule has 0 bridgehead atoms. The van der Waals surface area contributed by atoms with Crippen molar-refractivity contribution in [2.45, 2.75) is 12.8 Å². The monoisotopic (exact) mass is 280 g/mol. The minimum absolute atomic E-state index is 0.167. The van der Waals surface area contributed by atoms with Crippen LogP contribution in [-0.2, 0) is 9.59 Å². The molecule has 7 heteroatoms. The average molecular weight is 280 g/mol. The van der Waals surface area contributed by atoms with Crippen LogP contribution in [0.25, 0.3) is 0 Å². The predicted octanol–water partition coefficient (Wildman–Crippen LogP) is 0.426. The third-order valence-electron chi connectivity index (χ3n) is 2.79. The molecular formula is C13H16N2O5. The SMILES string of the molecule is COc1ccc(N)c(C(=O)CC(CC(N)=O)C(=O)O)c1. The molecule has 1 atom stereocenters. The van der Waals surface area contributed by atoms with Gasteiger partial charge in [0.2, 0.25) is 5.91 Å². The van der Waals surface area contributed by atoms with Crippen LogP contribution in [0.2, 0.25) is 0 Å². The first kappa shape index (κ1) is 15.5. The van der Waals surface area contributed by atoms with E-state index in [9.17, 15) is 14.4 Å². The number of hydrogen-bond donors (Lipinski definition) is 3. The van der Waals surface area contributed by atoms with Crippen LogP contribution >= 0.6 is 0 Å². The molecule has 1 amide bonds. The number of Topliss-reactive ketones (excluding diaryl/α,β-unsaturated/α-hetero) is 1. The first-order valence-electron chi connectivity index (χ1n) is 5.83. The first-order chi connectivity index (χ1) is 9.35. The second-order valence-electron chi connectivity index (χ2n) is 4.29. The number of amides is 1. The van der Waals surface area contributed by atoms with Gasteiger partial charge in [-0.2, -0.15) is 0 Å². The number of carboxylic acids is 1. The summed E-state index contributed by atoms with van der Waals surface area (Å²) >= 11 is 0. The van der Waals surface area contributed by atoms with Crippen LogP contribution in [0.3, 0.4) is 0 Å². The lowest BCUT2D eigenvalue weighted by Crippen LogP contribution is -2.25. The Morgan fingerprint density at radius 1 is 1.30 bits per heavy atom. The highest BCUT2D eigenvalue weighted by Gasteiger charge is 2.25. The van der Waals surface area contributed by atoms with Gasteiger partial charge in [0.1, 0.15) is 5.75 Å². The standard InChI is InChI=1S/C13H16N2O5/c1-20-8-2-3-10(14)9(6-8)11(16)4-7(13(18)19)5-12(15)17/h2-3,6-7H,4-5,14H2,1H3,(H2,15,17)(H,18,19). The van der Waals surface area contributed by atoms with Crippen LogP contribution in [0.1, 0.15) is 23.2 Å². The van der Waals surface area contributed by atoms with Gasteiger partial charge < -0.3 is 21.3 Å². The van der Waals surface area contributed by atoms with Gasteiger partial charge in [-0.1, -0.05) is 0 Å². The summed E-state index contributed by atoms with van der Waals surface area (Å²) in [6, 6.07) is 4.51. The molecule has 1 unspecified atom stereocenters. The summed E-state index contributed by atoms with van der Waals surface area (Å²) in [6.45, 7) is 0. The van der Waals surface area contributed by atoms with Crippen LogP contribution < -0.4 is 16.2 Å². The molecule has 0 spiro atoms. The fraction of sp³-hybridized carbons (Fsp3) is 0.308. The number of anilines is 1. The van der Waals surface area contributed by atoms with Crippen LogP contribution in [0.5, 0.6) is 5.75 Å². The zero-order valence-electron chi connectivity index (χ0n) is 11.0. The molecule has 0 saturated carbocycles. The van der Waals surface area contributed by atoms with Crippen molar-refractivity contribution in [3.05, 3.63) is 23.8 Å². The lowest BCUT2D eigenvalue weighted by molar-refractivity contribution is -0.143. The number of methoxy groups -OCH3 is 1. The number of carbonyl (C=O) groups excluding carboxylic acids is 2. The number of nitrogen functional groups attached to an aromatic ring is 1. The third kappa shape index (κ3) is 3.98. The van der Waals surface area contributed by atoms with Crippen LogP contribution in [0.15, 0.2) is 18.2 Å². The number of nitrogens with two attached hydrogens (primary N) is 2. The summed E-state index contributed by atoms with van der Waals surface area (Å²) in [6.07, 6.45) is -0.749. The van der Waals surface area contributed by atoms with E-state index < -0.39 is 30.0 Å². The number of benzene rings is 1. The highest BCUT2D eigenvalue weighted by molar-refractivity contribution is 6.02. The second-order valence-corrected chi connectivity index (χ2v) is 4.29. The first-order valence-corrected chi connectivity index (χ1v) is 5.83. The van der Waals surface area contributed by atoms with E-state index in [1.165, 1.54) is 19.2 Å². The van der Waals surface area contributed by atoms with Crippen molar-refractivity contribution in [2.75, 3.05) is 12.8 Å². The normalized spacial score (nSPS) is 11.7. The number of aliphatic carboxylic acids is 1. The van der Waals surface area contributed by atoms with E-state index in [4.69, 9.17) is 21.3 Å². The van der Waals surface area contributed by atoms with Gasteiger partial charge in [0.25, 0.3) is 0 Å². The Labute approximate surface area is 115 Å². The summed E-state index contributed by atoms with van der Waals surface area (Å²) in [4.78, 5) is 33.9. The number of ether oxygens (including phenoxy) is 1. The van der Waals surface area contributed by atoms with Crippen molar-refractivity contribution < 1.29 is 24.2 Å². The van der Waals surface area contributed by atoms with Gasteiger partial charge in [0, 0.05) is 24.1 Å². The highest BCUT2D eigenvalue weighted by atomic mass is 16.5.